The van der Waals surface area contributed by atoms with Crippen molar-refractivity contribution in [2.24, 2.45) is 0 Å². The zero-order valence-electron chi connectivity index (χ0n) is 3.31. The van der Waals surface area contributed by atoms with E-state index in [9.17, 15) is 0 Å². The van der Waals surface area contributed by atoms with Gasteiger partial charge in [-0.15, -0.1) is 0 Å². The Kier molecular flexibility index (Phi) is 495. The molecule has 0 aliphatic carbocycles. The Bertz CT molecular complexity index is 14.0. The van der Waals surface area contributed by atoms with Gasteiger partial charge in [-0.1, -0.05) is 13.2 Å². The molecule has 0 aromatic carbocycles. The Morgan fingerprint density at radius 2 is 0.833 bits per heavy atom. The Hall–Kier alpha value is 1.25. The molecule has 0 amide bonds. The molecule has 0 spiro atoms. The third-order valence-electron chi connectivity index (χ3n) is 0. The summed E-state index contributed by atoms with van der Waals surface area (Å²) in [6.07, 6.45) is 0. The van der Waals surface area contributed by atoms with Crippen LogP contribution >= 0.6 is 0 Å². The summed E-state index contributed by atoms with van der Waals surface area (Å²) in [5, 5.41) is 0. The third kappa shape index (κ3) is 60.9. The molecule has 0 aliphatic rings. The van der Waals surface area contributed by atoms with Crippen LogP contribution in [0.15, 0.2) is 13.2 Å². The van der Waals surface area contributed by atoms with Gasteiger partial charge >= 0.3 is 0 Å². The van der Waals surface area contributed by atoms with Crippen LogP contribution in [0.1, 0.15) is 2.85 Å². The van der Waals surface area contributed by atoms with Crippen molar-refractivity contribution in [2.45, 2.75) is 0 Å². The van der Waals surface area contributed by atoms with E-state index in [1.54, 1.807) is 0 Å². The normalized spacial score (nSPS) is 1.33. The number of hydrogen-bond acceptors (Lipinski definition) is 0. The summed E-state index contributed by atoms with van der Waals surface area (Å²) in [5.74, 6) is 0. The van der Waals surface area contributed by atoms with Crippen molar-refractivity contribution in [2.75, 3.05) is 0 Å². The van der Waals surface area contributed by atoms with E-state index < -0.39 is 0 Å². The Balaban J connectivity index is -0.00000000167. The SMILES string of the molecule is [Bi].[Bi].[C]=C.[C]=C.[HH].[HH]. The first-order chi connectivity index (χ1) is 2.00. The maximum Gasteiger partial charge on any atom is 0 e. The van der Waals surface area contributed by atoms with Gasteiger partial charge in [0.1, 0.15) is 0 Å². The van der Waals surface area contributed by atoms with Gasteiger partial charge in [-0.3, -0.25) is 0 Å². The molecule has 0 unspecified atom stereocenters. The average molecular weight is 474 g/mol. The van der Waals surface area contributed by atoms with Crippen LogP contribution in [-0.4, -0.2) is 52.4 Å². The van der Waals surface area contributed by atoms with Crippen molar-refractivity contribution < 1.29 is 2.85 Å². The first-order valence-electron chi connectivity index (χ1n) is 0.707. The Morgan fingerprint density at radius 1 is 0.833 bits per heavy atom. The Morgan fingerprint density at radius 3 is 0.833 bits per heavy atom. The van der Waals surface area contributed by atoms with Crippen LogP contribution in [0.5, 0.6) is 0 Å². The molecular weight excluding hydrogens is 466 g/mol. The fraction of sp³-hybridized carbons (Fsp3) is 0. The number of rotatable bonds is 0. The minimum atomic E-state index is 0. The van der Waals surface area contributed by atoms with Gasteiger partial charge in [0.05, 0.1) is 0 Å². The molecule has 0 bridgehead atoms. The van der Waals surface area contributed by atoms with E-state index in [0.29, 0.717) is 0 Å². The Labute approximate surface area is 80.9 Å². The maximum atomic E-state index is 5.50. The molecule has 0 N–H and O–H groups in total. The van der Waals surface area contributed by atoms with Gasteiger partial charge in [-0.25, -0.2) is 0 Å². The third-order valence-corrected chi connectivity index (χ3v) is 0. The van der Waals surface area contributed by atoms with Crippen molar-refractivity contribution in [1.82, 2.24) is 0 Å². The summed E-state index contributed by atoms with van der Waals surface area (Å²) in [4.78, 5) is 0. The van der Waals surface area contributed by atoms with Gasteiger partial charge in [-0.05, 0) is 13.2 Å². The number of hydrogen-bond donors (Lipinski definition) is 0. The molecule has 0 rings (SSSR count). The molecule has 0 aliphatic heterocycles. The minimum absolute atomic E-state index is 0. The van der Waals surface area contributed by atoms with Crippen LogP contribution < -0.4 is 0 Å². The second-order valence-electron chi connectivity index (χ2n) is 0. The van der Waals surface area contributed by atoms with E-state index in [0.717, 1.165) is 0 Å². The molecule has 0 atom stereocenters. The summed E-state index contributed by atoms with van der Waals surface area (Å²) in [6, 6.07) is 0. The second-order valence-corrected chi connectivity index (χ2v) is 0. The predicted molar refractivity (Wildman–Crippen MR) is 33.5 cm³/mol. The second kappa shape index (κ2) is 111. The van der Waals surface area contributed by atoms with Crippen LogP contribution in [0.4, 0.5) is 0 Å². The molecule has 0 fully saturated rings. The monoisotopic (exact) mass is 474 g/mol. The maximum absolute atomic E-state index is 5.50. The van der Waals surface area contributed by atoms with Gasteiger partial charge in [0.25, 0.3) is 0 Å². The van der Waals surface area contributed by atoms with Crippen LogP contribution in [-0.2, 0) is 0 Å². The summed E-state index contributed by atoms with van der Waals surface area (Å²) in [7, 11) is 0. The van der Waals surface area contributed by atoms with Crippen molar-refractivity contribution >= 4 is 52.4 Å². The van der Waals surface area contributed by atoms with Crippen molar-refractivity contribution in [3.8, 4) is 0 Å². The summed E-state index contributed by atoms with van der Waals surface area (Å²) in [6.45, 7) is 16.0. The molecule has 2 heteroatoms. The van der Waals surface area contributed by atoms with Crippen LogP contribution in [0, 0.1) is 13.2 Å². The molecule has 0 heterocycles. The summed E-state index contributed by atoms with van der Waals surface area (Å²) < 4.78 is 0. The van der Waals surface area contributed by atoms with E-state index >= 15 is 0 Å². The van der Waals surface area contributed by atoms with E-state index in [1.807, 2.05) is 0 Å². The van der Waals surface area contributed by atoms with Crippen LogP contribution in [0.3, 0.4) is 0 Å². The smallest absolute Gasteiger partial charge is 0 e. The van der Waals surface area contributed by atoms with Gasteiger partial charge in [0, 0.05) is 55.3 Å². The fourth-order valence-electron chi connectivity index (χ4n) is 0. The fourth-order valence-corrected chi connectivity index (χ4v) is 0. The largest absolute Gasteiger partial charge is 0.0906 e. The van der Waals surface area contributed by atoms with Crippen molar-refractivity contribution in [3.63, 3.8) is 0 Å². The first-order valence-corrected chi connectivity index (χ1v) is 0.707. The zero-order chi connectivity index (χ0) is 4.00. The van der Waals surface area contributed by atoms with Gasteiger partial charge in [-0.2, -0.15) is 0 Å². The average Bonchev–Trinajstić information content (AvgIpc) is 1.50. The first kappa shape index (κ1) is 26.8. The molecule has 0 aromatic rings. The summed E-state index contributed by atoms with van der Waals surface area (Å²) in [5.41, 5.74) is 0. The molecule has 0 saturated carbocycles. The molecule has 10 radical (unpaired) electrons. The minimum Gasteiger partial charge on any atom is -0.0906 e. The molecule has 0 saturated heterocycles. The van der Waals surface area contributed by atoms with Crippen molar-refractivity contribution in [3.05, 3.63) is 26.3 Å². The molecule has 34 valence electrons. The molecule has 6 heavy (non-hydrogen) atoms. The zero-order valence-corrected chi connectivity index (χ0v) is 10.3. The predicted octanol–water partition coefficient (Wildman–Crippen LogP) is 0.695. The van der Waals surface area contributed by atoms with Gasteiger partial charge < -0.3 is 0 Å². The topological polar surface area (TPSA) is 0 Å². The van der Waals surface area contributed by atoms with Crippen molar-refractivity contribution in [1.29, 1.82) is 0 Å². The van der Waals surface area contributed by atoms with Crippen LogP contribution in [0.25, 0.3) is 0 Å². The quantitative estimate of drug-likeness (QED) is 0.454. The molecular formula is C4H8Bi2. The standard InChI is InChI=1S/2C2H2.2Bi.2H2/c2*1-2;;;;/h2*1H2;;;2*1H. The van der Waals surface area contributed by atoms with E-state index in [1.165, 1.54) is 0 Å². The van der Waals surface area contributed by atoms with Crippen LogP contribution in [0.2, 0.25) is 0 Å². The van der Waals surface area contributed by atoms with Gasteiger partial charge in [0.2, 0.25) is 0 Å². The van der Waals surface area contributed by atoms with E-state index in [4.69, 9.17) is 13.2 Å². The summed E-state index contributed by atoms with van der Waals surface area (Å²) >= 11 is 0. The van der Waals surface area contributed by atoms with E-state index in [-0.39, 0.29) is 55.3 Å². The van der Waals surface area contributed by atoms with E-state index in [2.05, 4.69) is 13.2 Å². The molecule has 0 aromatic heterocycles. The van der Waals surface area contributed by atoms with Gasteiger partial charge in [0.15, 0.2) is 0 Å². The molecule has 0 nitrogen and oxygen atoms in total.